The van der Waals surface area contributed by atoms with Crippen LogP contribution in [-0.4, -0.2) is 47.9 Å². The Morgan fingerprint density at radius 1 is 1.16 bits per heavy atom. The molecule has 0 radical (unpaired) electrons. The lowest BCUT2D eigenvalue weighted by Gasteiger charge is -2.25. The lowest BCUT2D eigenvalue weighted by atomic mass is 10.1. The average Bonchev–Trinajstić information content (AvgIpc) is 2.76. The Labute approximate surface area is 113 Å². The summed E-state index contributed by atoms with van der Waals surface area (Å²) in [5.74, 6) is -0.577. The van der Waals surface area contributed by atoms with E-state index in [2.05, 4.69) is 4.90 Å². The fourth-order valence-corrected chi connectivity index (χ4v) is 3.20. The molecule has 3 nitrogen and oxygen atoms in total. The van der Waals surface area contributed by atoms with Gasteiger partial charge in [-0.15, -0.1) is 0 Å². The summed E-state index contributed by atoms with van der Waals surface area (Å²) in [6, 6.07) is 6.74. The third-order valence-electron chi connectivity index (χ3n) is 4.20. The van der Waals surface area contributed by atoms with E-state index in [9.17, 15) is 9.18 Å². The number of halogens is 1. The molecular formula is C15H19FN2O. The predicted octanol–water partition coefficient (Wildman–Crippen LogP) is 2.14. The van der Waals surface area contributed by atoms with Gasteiger partial charge in [-0.05, 0) is 37.9 Å². The van der Waals surface area contributed by atoms with Gasteiger partial charge in [0.25, 0.3) is 5.91 Å². The fraction of sp³-hybridized carbons (Fsp3) is 0.533. The molecule has 1 aromatic rings. The summed E-state index contributed by atoms with van der Waals surface area (Å²) in [6.07, 6.45) is 3.35. The van der Waals surface area contributed by atoms with Gasteiger partial charge in [0.1, 0.15) is 5.82 Å². The minimum absolute atomic E-state index is 0.160. The molecule has 1 amide bonds. The average molecular weight is 262 g/mol. The maximum Gasteiger partial charge on any atom is 0.256 e. The van der Waals surface area contributed by atoms with Gasteiger partial charge in [0.2, 0.25) is 0 Å². The molecular weight excluding hydrogens is 243 g/mol. The van der Waals surface area contributed by atoms with Crippen molar-refractivity contribution in [3.05, 3.63) is 35.6 Å². The highest BCUT2D eigenvalue weighted by molar-refractivity contribution is 5.94. The number of rotatable bonds is 1. The summed E-state index contributed by atoms with van der Waals surface area (Å²) in [7, 11) is 0. The second-order valence-electron chi connectivity index (χ2n) is 5.42. The Bertz CT molecular complexity index is 477. The molecule has 1 aromatic carbocycles. The molecule has 1 atom stereocenters. The van der Waals surface area contributed by atoms with Gasteiger partial charge in [-0.2, -0.15) is 0 Å². The van der Waals surface area contributed by atoms with Crippen LogP contribution in [0, 0.1) is 5.82 Å². The Morgan fingerprint density at radius 3 is 2.79 bits per heavy atom. The molecule has 4 heteroatoms. The summed E-state index contributed by atoms with van der Waals surface area (Å²) in [4.78, 5) is 16.7. The van der Waals surface area contributed by atoms with E-state index in [1.54, 1.807) is 18.2 Å². The van der Waals surface area contributed by atoms with Crippen molar-refractivity contribution < 1.29 is 9.18 Å². The van der Waals surface area contributed by atoms with Gasteiger partial charge in [0, 0.05) is 25.7 Å². The van der Waals surface area contributed by atoms with Gasteiger partial charge in [0.15, 0.2) is 0 Å². The van der Waals surface area contributed by atoms with E-state index >= 15 is 0 Å². The van der Waals surface area contributed by atoms with Gasteiger partial charge in [-0.1, -0.05) is 12.1 Å². The Morgan fingerprint density at radius 2 is 1.95 bits per heavy atom. The topological polar surface area (TPSA) is 23.6 Å². The predicted molar refractivity (Wildman–Crippen MR) is 71.5 cm³/mol. The monoisotopic (exact) mass is 262 g/mol. The molecule has 0 spiro atoms. The maximum atomic E-state index is 13.7. The zero-order valence-corrected chi connectivity index (χ0v) is 11.0. The van der Waals surface area contributed by atoms with Gasteiger partial charge in [0.05, 0.1) is 5.56 Å². The van der Waals surface area contributed by atoms with Crippen molar-refractivity contribution in [3.8, 4) is 0 Å². The molecule has 0 bridgehead atoms. The van der Waals surface area contributed by atoms with Crippen LogP contribution in [0.15, 0.2) is 24.3 Å². The van der Waals surface area contributed by atoms with Crippen molar-refractivity contribution in [1.29, 1.82) is 0 Å². The summed E-state index contributed by atoms with van der Waals surface area (Å²) < 4.78 is 13.7. The number of hydrogen-bond donors (Lipinski definition) is 0. The van der Waals surface area contributed by atoms with E-state index in [1.165, 1.54) is 12.5 Å². The number of hydrogen-bond acceptors (Lipinski definition) is 2. The molecule has 0 aromatic heterocycles. The quantitative estimate of drug-likeness (QED) is 0.774. The molecule has 2 aliphatic heterocycles. The minimum Gasteiger partial charge on any atom is -0.337 e. The Kier molecular flexibility index (Phi) is 3.51. The van der Waals surface area contributed by atoms with E-state index in [0.717, 1.165) is 39.0 Å². The van der Waals surface area contributed by atoms with Gasteiger partial charge in [-0.3, -0.25) is 9.69 Å². The number of benzene rings is 1. The summed E-state index contributed by atoms with van der Waals surface area (Å²) in [5.41, 5.74) is 0.203. The van der Waals surface area contributed by atoms with E-state index in [4.69, 9.17) is 0 Å². The molecule has 102 valence electrons. The van der Waals surface area contributed by atoms with E-state index in [-0.39, 0.29) is 11.5 Å². The largest absolute Gasteiger partial charge is 0.337 e. The van der Waals surface area contributed by atoms with Crippen LogP contribution in [0.25, 0.3) is 0 Å². The standard InChI is InChI=1S/C15H19FN2O/c16-14-7-2-1-6-13(14)15(19)18-10-4-9-17-8-3-5-12(17)11-18/h1-2,6-7,12H,3-5,8-11H2. The van der Waals surface area contributed by atoms with Crippen LogP contribution in [0.5, 0.6) is 0 Å². The molecule has 2 saturated heterocycles. The second kappa shape index (κ2) is 5.29. The van der Waals surface area contributed by atoms with Crippen molar-refractivity contribution >= 4 is 5.91 Å². The molecule has 0 N–H and O–H groups in total. The van der Waals surface area contributed by atoms with Crippen molar-refractivity contribution in [1.82, 2.24) is 9.80 Å². The van der Waals surface area contributed by atoms with Crippen LogP contribution in [-0.2, 0) is 0 Å². The SMILES string of the molecule is O=C(c1ccccc1F)N1CCCN2CCCC2C1. The Balaban J connectivity index is 1.78. The van der Waals surface area contributed by atoms with Crippen LogP contribution < -0.4 is 0 Å². The first-order valence-electron chi connectivity index (χ1n) is 7.03. The van der Waals surface area contributed by atoms with Crippen LogP contribution >= 0.6 is 0 Å². The Hall–Kier alpha value is -1.42. The highest BCUT2D eigenvalue weighted by atomic mass is 19.1. The molecule has 2 fully saturated rings. The normalized spacial score (nSPS) is 24.1. The molecule has 0 saturated carbocycles. The van der Waals surface area contributed by atoms with Crippen molar-refractivity contribution in [2.24, 2.45) is 0 Å². The first-order valence-corrected chi connectivity index (χ1v) is 7.03. The van der Waals surface area contributed by atoms with Crippen LogP contribution in [0.1, 0.15) is 29.6 Å². The molecule has 1 unspecified atom stereocenters. The highest BCUT2D eigenvalue weighted by Crippen LogP contribution is 2.22. The molecule has 2 aliphatic rings. The third kappa shape index (κ3) is 2.50. The maximum absolute atomic E-state index is 13.7. The van der Waals surface area contributed by atoms with Gasteiger partial charge < -0.3 is 4.90 Å². The van der Waals surface area contributed by atoms with E-state index in [0.29, 0.717) is 6.04 Å². The van der Waals surface area contributed by atoms with Crippen molar-refractivity contribution in [2.45, 2.75) is 25.3 Å². The lowest BCUT2D eigenvalue weighted by Crippen LogP contribution is -2.39. The summed E-state index contributed by atoms with van der Waals surface area (Å²) in [5, 5.41) is 0. The number of amides is 1. The van der Waals surface area contributed by atoms with E-state index < -0.39 is 5.82 Å². The fourth-order valence-electron chi connectivity index (χ4n) is 3.20. The van der Waals surface area contributed by atoms with E-state index in [1.807, 2.05) is 4.90 Å². The molecule has 0 aliphatic carbocycles. The summed E-state index contributed by atoms with van der Waals surface area (Å²) >= 11 is 0. The minimum atomic E-state index is -0.417. The molecule has 2 heterocycles. The van der Waals surface area contributed by atoms with Crippen LogP contribution in [0.2, 0.25) is 0 Å². The van der Waals surface area contributed by atoms with Gasteiger partial charge >= 0.3 is 0 Å². The zero-order valence-electron chi connectivity index (χ0n) is 11.0. The smallest absolute Gasteiger partial charge is 0.256 e. The van der Waals surface area contributed by atoms with Gasteiger partial charge in [-0.25, -0.2) is 4.39 Å². The number of nitrogens with zero attached hydrogens (tertiary/aromatic N) is 2. The molecule has 19 heavy (non-hydrogen) atoms. The number of carbonyl (C=O) groups is 1. The van der Waals surface area contributed by atoms with Crippen LogP contribution in [0.4, 0.5) is 4.39 Å². The van der Waals surface area contributed by atoms with Crippen molar-refractivity contribution in [2.75, 3.05) is 26.2 Å². The first kappa shape index (κ1) is 12.6. The highest BCUT2D eigenvalue weighted by Gasteiger charge is 2.31. The second-order valence-corrected chi connectivity index (χ2v) is 5.42. The summed E-state index contributed by atoms with van der Waals surface area (Å²) in [6.45, 7) is 3.69. The lowest BCUT2D eigenvalue weighted by molar-refractivity contribution is 0.0739. The first-order chi connectivity index (χ1) is 9.25. The number of carbonyl (C=O) groups excluding carboxylic acids is 1. The third-order valence-corrected chi connectivity index (χ3v) is 4.20. The number of fused-ring (bicyclic) bond motifs is 1. The van der Waals surface area contributed by atoms with Crippen LogP contribution in [0.3, 0.4) is 0 Å². The molecule has 3 rings (SSSR count). The van der Waals surface area contributed by atoms with Crippen molar-refractivity contribution in [3.63, 3.8) is 0 Å². The zero-order chi connectivity index (χ0) is 13.2.